The molecule has 5 heteroatoms. The van der Waals surface area contributed by atoms with Crippen LogP contribution in [-0.2, 0) is 4.74 Å². The number of fused-ring (bicyclic) bond motifs is 1. The summed E-state index contributed by atoms with van der Waals surface area (Å²) in [6.07, 6.45) is 0.805. The summed E-state index contributed by atoms with van der Waals surface area (Å²) < 4.78 is 5.51. The number of carbonyl (C=O) groups excluding carboxylic acids is 1. The minimum atomic E-state index is -0.204. The molecule has 2 fully saturated rings. The molecule has 2 atom stereocenters. The quantitative estimate of drug-likeness (QED) is 0.910. The summed E-state index contributed by atoms with van der Waals surface area (Å²) >= 11 is 6.17. The van der Waals surface area contributed by atoms with Crippen LogP contribution in [0.4, 0.5) is 0 Å². The van der Waals surface area contributed by atoms with E-state index in [1.807, 2.05) is 24.0 Å². The fourth-order valence-electron chi connectivity index (χ4n) is 3.43. The van der Waals surface area contributed by atoms with Crippen molar-refractivity contribution in [1.29, 1.82) is 0 Å². The third kappa shape index (κ3) is 2.56. The lowest BCUT2D eigenvalue weighted by Crippen LogP contribution is -2.41. The lowest BCUT2D eigenvalue weighted by atomic mass is 9.75. The van der Waals surface area contributed by atoms with E-state index in [-0.39, 0.29) is 23.8 Å². The van der Waals surface area contributed by atoms with Gasteiger partial charge < -0.3 is 14.7 Å². The number of benzene rings is 1. The summed E-state index contributed by atoms with van der Waals surface area (Å²) in [6, 6.07) is 5.48. The van der Waals surface area contributed by atoms with Gasteiger partial charge in [0, 0.05) is 31.0 Å². The maximum atomic E-state index is 12.7. The monoisotopic (exact) mass is 309 g/mol. The van der Waals surface area contributed by atoms with Crippen molar-refractivity contribution < 1.29 is 14.6 Å². The summed E-state index contributed by atoms with van der Waals surface area (Å²) in [5, 5.41) is 10.3. The van der Waals surface area contributed by atoms with Gasteiger partial charge >= 0.3 is 0 Å². The smallest absolute Gasteiger partial charge is 0.255 e. The van der Waals surface area contributed by atoms with E-state index in [9.17, 15) is 9.90 Å². The number of ether oxygens (including phenoxy) is 1. The molecule has 4 nitrogen and oxygen atoms in total. The third-order valence-corrected chi connectivity index (χ3v) is 5.16. The normalized spacial score (nSPS) is 28.5. The van der Waals surface area contributed by atoms with E-state index in [0.29, 0.717) is 36.9 Å². The van der Waals surface area contributed by atoms with Gasteiger partial charge in [0.25, 0.3) is 5.91 Å². The van der Waals surface area contributed by atoms with Crippen LogP contribution in [0.2, 0.25) is 5.02 Å². The minimum absolute atomic E-state index is 0.0501. The Labute approximate surface area is 129 Å². The highest BCUT2D eigenvalue weighted by Crippen LogP contribution is 2.42. The zero-order valence-electron chi connectivity index (χ0n) is 12.1. The van der Waals surface area contributed by atoms with Crippen molar-refractivity contribution >= 4 is 17.5 Å². The molecule has 2 saturated heterocycles. The van der Waals surface area contributed by atoms with Gasteiger partial charge in [0.05, 0.1) is 23.8 Å². The number of rotatable bonds is 2. The number of aryl methyl sites for hydroxylation is 1. The molecule has 0 aliphatic carbocycles. The molecule has 0 bridgehead atoms. The van der Waals surface area contributed by atoms with Crippen molar-refractivity contribution in [2.45, 2.75) is 13.3 Å². The van der Waals surface area contributed by atoms with E-state index in [4.69, 9.17) is 16.3 Å². The Bertz CT molecular complexity index is 562. The summed E-state index contributed by atoms with van der Waals surface area (Å²) in [4.78, 5) is 14.6. The molecule has 3 rings (SSSR count). The Morgan fingerprint density at radius 3 is 3.10 bits per heavy atom. The van der Waals surface area contributed by atoms with Crippen molar-refractivity contribution in [1.82, 2.24) is 4.90 Å². The molecular weight excluding hydrogens is 290 g/mol. The molecule has 114 valence electrons. The number of halogens is 1. The number of likely N-dealkylation sites (tertiary alicyclic amines) is 1. The lowest BCUT2D eigenvalue weighted by Gasteiger charge is -2.36. The molecule has 2 heterocycles. The van der Waals surface area contributed by atoms with Crippen LogP contribution in [0.15, 0.2) is 18.2 Å². The average molecular weight is 310 g/mol. The van der Waals surface area contributed by atoms with Crippen LogP contribution < -0.4 is 0 Å². The highest BCUT2D eigenvalue weighted by Gasteiger charge is 2.49. The Hall–Kier alpha value is -1.10. The van der Waals surface area contributed by atoms with E-state index in [0.717, 1.165) is 12.0 Å². The zero-order chi connectivity index (χ0) is 15.0. The molecule has 21 heavy (non-hydrogen) atoms. The second-order valence-corrected chi connectivity index (χ2v) is 6.62. The van der Waals surface area contributed by atoms with E-state index in [1.54, 1.807) is 6.07 Å². The fourth-order valence-corrected chi connectivity index (χ4v) is 3.63. The summed E-state index contributed by atoms with van der Waals surface area (Å²) in [6.45, 7) is 4.53. The Balaban J connectivity index is 1.85. The van der Waals surface area contributed by atoms with Gasteiger partial charge in [-0.1, -0.05) is 23.2 Å². The average Bonchev–Trinajstić information content (AvgIpc) is 2.89. The molecule has 0 unspecified atom stereocenters. The van der Waals surface area contributed by atoms with E-state index in [1.165, 1.54) is 0 Å². The maximum absolute atomic E-state index is 12.7. The molecule has 0 spiro atoms. The molecule has 0 saturated carbocycles. The Morgan fingerprint density at radius 2 is 2.38 bits per heavy atom. The van der Waals surface area contributed by atoms with Gasteiger partial charge in [0.1, 0.15) is 0 Å². The zero-order valence-corrected chi connectivity index (χ0v) is 12.9. The van der Waals surface area contributed by atoms with Gasteiger partial charge in [-0.15, -0.1) is 0 Å². The molecule has 0 radical (unpaired) electrons. The number of aliphatic hydroxyl groups excluding tert-OH is 1. The molecule has 2 aliphatic heterocycles. The van der Waals surface area contributed by atoms with Gasteiger partial charge in [-0.25, -0.2) is 0 Å². The van der Waals surface area contributed by atoms with Crippen molar-refractivity contribution in [2.24, 2.45) is 11.3 Å². The summed E-state index contributed by atoms with van der Waals surface area (Å²) in [7, 11) is 0. The number of hydrogen-bond acceptors (Lipinski definition) is 3. The highest BCUT2D eigenvalue weighted by atomic mass is 35.5. The molecule has 1 aromatic carbocycles. The van der Waals surface area contributed by atoms with Crippen LogP contribution in [0, 0.1) is 18.3 Å². The van der Waals surface area contributed by atoms with Gasteiger partial charge in [0.15, 0.2) is 0 Å². The largest absolute Gasteiger partial charge is 0.396 e. The second-order valence-electron chi connectivity index (χ2n) is 6.21. The lowest BCUT2D eigenvalue weighted by molar-refractivity contribution is -0.0415. The molecule has 1 aromatic rings. The van der Waals surface area contributed by atoms with Gasteiger partial charge in [-0.2, -0.15) is 0 Å². The van der Waals surface area contributed by atoms with Crippen molar-refractivity contribution in [2.75, 3.05) is 32.9 Å². The van der Waals surface area contributed by atoms with Crippen LogP contribution in [-0.4, -0.2) is 48.8 Å². The minimum Gasteiger partial charge on any atom is -0.396 e. The molecule has 1 N–H and O–H groups in total. The molecule has 2 aliphatic rings. The summed E-state index contributed by atoms with van der Waals surface area (Å²) in [5.74, 6) is 0.162. The highest BCUT2D eigenvalue weighted by molar-refractivity contribution is 6.33. The van der Waals surface area contributed by atoms with Crippen molar-refractivity contribution in [3.05, 3.63) is 34.3 Å². The van der Waals surface area contributed by atoms with Gasteiger partial charge in [0.2, 0.25) is 0 Å². The van der Waals surface area contributed by atoms with Gasteiger partial charge in [-0.3, -0.25) is 4.79 Å². The topological polar surface area (TPSA) is 49.8 Å². The third-order valence-electron chi connectivity index (χ3n) is 4.83. The van der Waals surface area contributed by atoms with Crippen LogP contribution in [0.3, 0.4) is 0 Å². The first-order chi connectivity index (χ1) is 10.1. The predicted octanol–water partition coefficient (Wildman–Crippen LogP) is 2.12. The van der Waals surface area contributed by atoms with Crippen LogP contribution in [0.25, 0.3) is 0 Å². The Kier molecular flexibility index (Phi) is 3.95. The van der Waals surface area contributed by atoms with Crippen molar-refractivity contribution in [3.8, 4) is 0 Å². The maximum Gasteiger partial charge on any atom is 0.255 e. The number of nitrogens with zero attached hydrogens (tertiary/aromatic N) is 1. The number of amides is 1. The number of aliphatic hydroxyl groups is 1. The number of carbonyl (C=O) groups is 1. The Morgan fingerprint density at radius 1 is 1.57 bits per heavy atom. The SMILES string of the molecule is Cc1ccc(Cl)c(C(=O)N2C[C@@H]3COCC[C@]3(CO)C2)c1. The number of hydrogen-bond donors (Lipinski definition) is 1. The van der Waals surface area contributed by atoms with Gasteiger partial charge in [-0.05, 0) is 25.5 Å². The first-order valence-corrected chi connectivity index (χ1v) is 7.67. The molecule has 1 amide bonds. The van der Waals surface area contributed by atoms with E-state index >= 15 is 0 Å². The van der Waals surface area contributed by atoms with Crippen LogP contribution in [0.1, 0.15) is 22.3 Å². The van der Waals surface area contributed by atoms with E-state index < -0.39 is 0 Å². The standard InChI is InChI=1S/C16H20ClNO3/c1-11-2-3-14(17)13(6-11)15(20)18-7-12-8-21-5-4-16(12,9-18)10-19/h2-3,6,12,19H,4-5,7-10H2,1H3/t12-,16-/m1/s1. The van der Waals surface area contributed by atoms with Crippen LogP contribution in [0.5, 0.6) is 0 Å². The fraction of sp³-hybridized carbons (Fsp3) is 0.562. The molecule has 0 aromatic heterocycles. The van der Waals surface area contributed by atoms with Crippen LogP contribution >= 0.6 is 11.6 Å². The summed E-state index contributed by atoms with van der Waals surface area (Å²) in [5.41, 5.74) is 1.36. The second kappa shape index (κ2) is 5.59. The van der Waals surface area contributed by atoms with E-state index in [2.05, 4.69) is 0 Å². The molecular formula is C16H20ClNO3. The predicted molar refractivity (Wildman–Crippen MR) is 80.5 cm³/mol. The first-order valence-electron chi connectivity index (χ1n) is 7.30. The first kappa shape index (κ1) is 14.8. The van der Waals surface area contributed by atoms with Crippen molar-refractivity contribution in [3.63, 3.8) is 0 Å².